The first-order valence-electron chi connectivity index (χ1n) is 5.34. The van der Waals surface area contributed by atoms with E-state index in [9.17, 15) is 9.59 Å². The fraction of sp³-hybridized carbons (Fsp3) is 0.455. The number of hydrogen-bond donors (Lipinski definition) is 3. The number of carboxylic acid groups (broad SMARTS) is 1. The molecule has 5 nitrogen and oxygen atoms in total. The van der Waals surface area contributed by atoms with Crippen LogP contribution in [0.4, 0.5) is 4.79 Å². The molecule has 3 N–H and O–H groups in total. The van der Waals surface area contributed by atoms with Gasteiger partial charge in [0.25, 0.3) is 0 Å². The van der Waals surface area contributed by atoms with Gasteiger partial charge in [-0.05, 0) is 30.4 Å². The maximum Gasteiger partial charge on any atom is 0.326 e. The normalized spacial score (nSPS) is 11.9. The Hall–Kier alpha value is -1.56. The molecule has 0 spiro atoms. The predicted molar refractivity (Wildman–Crippen MR) is 66.1 cm³/mol. The molecule has 1 atom stereocenters. The topological polar surface area (TPSA) is 78.4 Å². The van der Waals surface area contributed by atoms with E-state index in [2.05, 4.69) is 10.6 Å². The van der Waals surface area contributed by atoms with E-state index in [4.69, 9.17) is 5.11 Å². The van der Waals surface area contributed by atoms with Crippen molar-refractivity contribution in [1.82, 2.24) is 10.6 Å². The van der Waals surface area contributed by atoms with Gasteiger partial charge < -0.3 is 15.7 Å². The Bertz CT molecular complexity index is 403. The fourth-order valence-electron chi connectivity index (χ4n) is 1.29. The van der Waals surface area contributed by atoms with E-state index in [-0.39, 0.29) is 0 Å². The highest BCUT2D eigenvalue weighted by Gasteiger charge is 2.17. The quantitative estimate of drug-likeness (QED) is 0.750. The van der Waals surface area contributed by atoms with E-state index < -0.39 is 18.0 Å². The van der Waals surface area contributed by atoms with Crippen LogP contribution in [-0.2, 0) is 11.3 Å². The minimum Gasteiger partial charge on any atom is -0.480 e. The molecule has 2 amide bonds. The summed E-state index contributed by atoms with van der Waals surface area (Å²) in [5, 5.41) is 15.8. The molecule has 6 heteroatoms. The summed E-state index contributed by atoms with van der Waals surface area (Å²) in [7, 11) is 0. The molecule has 0 fully saturated rings. The monoisotopic (exact) mass is 256 g/mol. The first-order valence-corrected chi connectivity index (χ1v) is 6.22. The molecule has 17 heavy (non-hydrogen) atoms. The number of urea groups is 1. The number of aliphatic carboxylic acids is 1. The van der Waals surface area contributed by atoms with Crippen LogP contribution in [-0.4, -0.2) is 23.1 Å². The van der Waals surface area contributed by atoms with Gasteiger partial charge in [-0.15, -0.1) is 11.3 Å². The van der Waals surface area contributed by atoms with Crippen LogP contribution in [0.1, 0.15) is 23.8 Å². The Kier molecular flexibility index (Phi) is 4.96. The van der Waals surface area contributed by atoms with Crippen molar-refractivity contribution in [2.75, 3.05) is 0 Å². The number of carbonyl (C=O) groups is 2. The van der Waals surface area contributed by atoms with Gasteiger partial charge in [0.15, 0.2) is 0 Å². The van der Waals surface area contributed by atoms with Gasteiger partial charge in [0.1, 0.15) is 6.04 Å². The fourth-order valence-corrected chi connectivity index (χ4v) is 2.14. The number of amides is 2. The van der Waals surface area contributed by atoms with Crippen molar-refractivity contribution in [3.8, 4) is 0 Å². The van der Waals surface area contributed by atoms with Crippen molar-refractivity contribution < 1.29 is 14.7 Å². The van der Waals surface area contributed by atoms with E-state index >= 15 is 0 Å². The number of hydrogen-bond acceptors (Lipinski definition) is 3. The van der Waals surface area contributed by atoms with Gasteiger partial charge in [0.2, 0.25) is 0 Å². The number of rotatable bonds is 5. The van der Waals surface area contributed by atoms with Crippen LogP contribution in [0.5, 0.6) is 0 Å². The molecule has 1 aromatic heterocycles. The summed E-state index contributed by atoms with van der Waals surface area (Å²) >= 11 is 1.56. The molecule has 0 aliphatic rings. The Balaban J connectivity index is 2.40. The van der Waals surface area contributed by atoms with Crippen molar-refractivity contribution in [2.45, 2.75) is 32.9 Å². The second kappa shape index (κ2) is 6.24. The second-order valence-electron chi connectivity index (χ2n) is 3.65. The molecule has 0 aromatic carbocycles. The van der Waals surface area contributed by atoms with E-state index in [1.165, 1.54) is 0 Å². The average Bonchev–Trinajstić information content (AvgIpc) is 2.68. The Morgan fingerprint density at radius 3 is 2.71 bits per heavy atom. The van der Waals surface area contributed by atoms with Crippen molar-refractivity contribution in [3.63, 3.8) is 0 Å². The third kappa shape index (κ3) is 4.07. The molecule has 0 aliphatic carbocycles. The minimum atomic E-state index is -1.02. The van der Waals surface area contributed by atoms with Gasteiger partial charge in [-0.1, -0.05) is 6.92 Å². The zero-order valence-corrected chi connectivity index (χ0v) is 10.6. The van der Waals surface area contributed by atoms with Crippen LogP contribution in [0, 0.1) is 6.92 Å². The maximum absolute atomic E-state index is 11.4. The number of thiophene rings is 1. The van der Waals surface area contributed by atoms with Gasteiger partial charge >= 0.3 is 12.0 Å². The molecule has 0 radical (unpaired) electrons. The molecule has 1 aromatic rings. The summed E-state index contributed by atoms with van der Waals surface area (Å²) in [6.07, 6.45) is 0.362. The van der Waals surface area contributed by atoms with Gasteiger partial charge in [-0.2, -0.15) is 0 Å². The van der Waals surface area contributed by atoms with Crippen LogP contribution in [0.3, 0.4) is 0 Å². The van der Waals surface area contributed by atoms with Crippen molar-refractivity contribution in [1.29, 1.82) is 0 Å². The molecule has 0 bridgehead atoms. The molecule has 1 unspecified atom stereocenters. The van der Waals surface area contributed by atoms with Crippen molar-refractivity contribution >= 4 is 23.3 Å². The number of nitrogens with one attached hydrogen (secondary N) is 2. The lowest BCUT2D eigenvalue weighted by atomic mass is 10.2. The summed E-state index contributed by atoms with van der Waals surface area (Å²) in [5.74, 6) is -1.02. The standard InChI is InChI=1S/C11H16N2O3S/c1-3-8(10(14)15)13-11(16)12-6-9-7(2)4-5-17-9/h4-5,8H,3,6H2,1-2H3,(H,14,15)(H2,12,13,16). The summed E-state index contributed by atoms with van der Waals surface area (Å²) in [4.78, 5) is 23.2. The van der Waals surface area contributed by atoms with Crippen LogP contribution >= 0.6 is 11.3 Å². The molecule has 0 aliphatic heterocycles. The Morgan fingerprint density at radius 2 is 2.24 bits per heavy atom. The Labute approximate surface area is 104 Å². The number of aryl methyl sites for hydroxylation is 1. The SMILES string of the molecule is CCC(NC(=O)NCc1sccc1C)C(=O)O. The molecule has 1 rings (SSSR count). The van der Waals surface area contributed by atoms with Crippen molar-refractivity contribution in [3.05, 3.63) is 21.9 Å². The molecule has 0 saturated heterocycles. The highest BCUT2D eigenvalue weighted by Crippen LogP contribution is 2.14. The third-order valence-corrected chi connectivity index (χ3v) is 3.41. The van der Waals surface area contributed by atoms with E-state index in [0.29, 0.717) is 13.0 Å². The first kappa shape index (κ1) is 13.5. The zero-order valence-electron chi connectivity index (χ0n) is 9.82. The zero-order chi connectivity index (χ0) is 12.8. The number of carbonyl (C=O) groups excluding carboxylic acids is 1. The second-order valence-corrected chi connectivity index (χ2v) is 4.65. The lowest BCUT2D eigenvalue weighted by Gasteiger charge is -2.12. The van der Waals surface area contributed by atoms with Crippen LogP contribution in [0.15, 0.2) is 11.4 Å². The largest absolute Gasteiger partial charge is 0.480 e. The summed E-state index contributed by atoms with van der Waals surface area (Å²) in [5.41, 5.74) is 1.13. The van der Waals surface area contributed by atoms with E-state index in [1.54, 1.807) is 18.3 Å². The third-order valence-electron chi connectivity index (χ3n) is 2.39. The van der Waals surface area contributed by atoms with Crippen LogP contribution < -0.4 is 10.6 Å². The highest BCUT2D eigenvalue weighted by atomic mass is 32.1. The lowest BCUT2D eigenvalue weighted by molar-refractivity contribution is -0.139. The summed E-state index contributed by atoms with van der Waals surface area (Å²) in [6.45, 7) is 4.10. The van der Waals surface area contributed by atoms with Gasteiger partial charge in [0, 0.05) is 4.88 Å². The van der Waals surface area contributed by atoms with E-state index in [0.717, 1.165) is 10.4 Å². The molecular formula is C11H16N2O3S. The van der Waals surface area contributed by atoms with Crippen molar-refractivity contribution in [2.24, 2.45) is 0 Å². The summed E-state index contributed by atoms with van der Waals surface area (Å²) in [6, 6.07) is 0.692. The average molecular weight is 256 g/mol. The highest BCUT2D eigenvalue weighted by molar-refractivity contribution is 7.10. The summed E-state index contributed by atoms with van der Waals surface area (Å²) < 4.78 is 0. The molecule has 1 heterocycles. The van der Waals surface area contributed by atoms with Gasteiger partial charge in [-0.3, -0.25) is 0 Å². The van der Waals surface area contributed by atoms with Crippen LogP contribution in [0.25, 0.3) is 0 Å². The Morgan fingerprint density at radius 1 is 1.53 bits per heavy atom. The smallest absolute Gasteiger partial charge is 0.326 e. The van der Waals surface area contributed by atoms with Crippen LogP contribution in [0.2, 0.25) is 0 Å². The van der Waals surface area contributed by atoms with E-state index in [1.807, 2.05) is 18.4 Å². The minimum absolute atomic E-state index is 0.362. The molecular weight excluding hydrogens is 240 g/mol. The lowest BCUT2D eigenvalue weighted by Crippen LogP contribution is -2.45. The first-order chi connectivity index (χ1) is 8.04. The van der Waals surface area contributed by atoms with Gasteiger partial charge in [-0.25, -0.2) is 9.59 Å². The molecule has 94 valence electrons. The maximum atomic E-state index is 11.4. The molecule has 0 saturated carbocycles. The van der Waals surface area contributed by atoms with Gasteiger partial charge in [0.05, 0.1) is 6.54 Å². The number of carboxylic acids is 1. The predicted octanol–water partition coefficient (Wildman–Crippen LogP) is 1.72.